The molecule has 0 aliphatic rings. The van der Waals surface area contributed by atoms with Crippen molar-refractivity contribution in [2.75, 3.05) is 13.2 Å². The molecule has 0 N–H and O–H groups in total. The van der Waals surface area contributed by atoms with Crippen LogP contribution in [0.3, 0.4) is 0 Å². The molecule has 6 aromatic carbocycles. The third-order valence-electron chi connectivity index (χ3n) is 10.1. The molecule has 8 heteroatoms. The van der Waals surface area contributed by atoms with Gasteiger partial charge in [-0.1, -0.05) is 109 Å². The second kappa shape index (κ2) is 14.5. The Morgan fingerprint density at radius 2 is 0.786 bits per heavy atom. The highest BCUT2D eigenvalue weighted by atomic mass is 16.5. The SMILES string of the molecule is c1ccc(-c2cc(-c3ccccc3OCCCCOc3ccccc3-c3cc(-c4ccccc4)nc4nc5ccccc5n34)n3c(n2)nc2ccccc23)cc1. The van der Waals surface area contributed by atoms with E-state index in [4.69, 9.17) is 29.4 Å². The van der Waals surface area contributed by atoms with Crippen molar-refractivity contribution in [3.63, 3.8) is 0 Å². The van der Waals surface area contributed by atoms with Gasteiger partial charge in [0.15, 0.2) is 0 Å². The Balaban J connectivity index is 0.894. The van der Waals surface area contributed by atoms with E-state index in [0.29, 0.717) is 24.8 Å². The Labute approximate surface area is 323 Å². The van der Waals surface area contributed by atoms with Gasteiger partial charge in [0.2, 0.25) is 11.6 Å². The minimum Gasteiger partial charge on any atom is -0.493 e. The maximum absolute atomic E-state index is 6.53. The molecule has 56 heavy (non-hydrogen) atoms. The molecule has 0 spiro atoms. The van der Waals surface area contributed by atoms with E-state index in [2.05, 4.69) is 69.5 Å². The summed E-state index contributed by atoms with van der Waals surface area (Å²) in [5, 5.41) is 0. The van der Waals surface area contributed by atoms with Gasteiger partial charge in [-0.05, 0) is 73.5 Å². The molecule has 0 unspecified atom stereocenters. The molecule has 8 nitrogen and oxygen atoms in total. The fraction of sp³-hybridized carbons (Fsp3) is 0.0833. The van der Waals surface area contributed by atoms with Crippen LogP contribution in [0, 0.1) is 0 Å². The Bertz CT molecular complexity index is 2790. The summed E-state index contributed by atoms with van der Waals surface area (Å²) in [6.45, 7) is 1.08. The van der Waals surface area contributed by atoms with Crippen molar-refractivity contribution in [2.45, 2.75) is 12.8 Å². The molecule has 0 fully saturated rings. The molecule has 4 heterocycles. The Morgan fingerprint density at radius 3 is 1.25 bits per heavy atom. The molecular formula is C48H36N6O2. The van der Waals surface area contributed by atoms with Gasteiger partial charge in [0.25, 0.3) is 0 Å². The number of aromatic nitrogens is 6. The third-order valence-corrected chi connectivity index (χ3v) is 10.1. The number of ether oxygens (including phenoxy) is 2. The first kappa shape index (κ1) is 33.3. The molecule has 0 atom stereocenters. The number of benzene rings is 6. The first-order valence-corrected chi connectivity index (χ1v) is 18.9. The van der Waals surface area contributed by atoms with Crippen LogP contribution >= 0.6 is 0 Å². The van der Waals surface area contributed by atoms with Crippen LogP contribution in [0.1, 0.15) is 12.8 Å². The lowest BCUT2D eigenvalue weighted by molar-refractivity contribution is 0.267. The number of nitrogens with zero attached hydrogens (tertiary/aromatic N) is 6. The lowest BCUT2D eigenvalue weighted by Gasteiger charge is -2.16. The van der Waals surface area contributed by atoms with Crippen LogP contribution in [0.15, 0.2) is 170 Å². The molecule has 0 bridgehead atoms. The molecule has 270 valence electrons. The van der Waals surface area contributed by atoms with Crippen molar-refractivity contribution in [3.05, 3.63) is 170 Å². The van der Waals surface area contributed by atoms with E-state index in [1.807, 2.05) is 109 Å². The van der Waals surface area contributed by atoms with E-state index >= 15 is 0 Å². The van der Waals surface area contributed by atoms with Gasteiger partial charge in [0.05, 0.1) is 58.1 Å². The van der Waals surface area contributed by atoms with E-state index in [0.717, 1.165) is 91.4 Å². The van der Waals surface area contributed by atoms with Crippen molar-refractivity contribution >= 4 is 33.6 Å². The first-order chi connectivity index (χ1) is 27.8. The zero-order chi connectivity index (χ0) is 37.3. The summed E-state index contributed by atoms with van der Waals surface area (Å²) >= 11 is 0. The van der Waals surface area contributed by atoms with Crippen LogP contribution in [0.4, 0.5) is 0 Å². The molecule has 10 aromatic rings. The maximum Gasteiger partial charge on any atom is 0.235 e. The van der Waals surface area contributed by atoms with Gasteiger partial charge in [-0.25, -0.2) is 19.9 Å². The average molecular weight is 729 g/mol. The minimum absolute atomic E-state index is 0.541. The number of unbranched alkanes of at least 4 members (excludes halogenated alkanes) is 1. The summed E-state index contributed by atoms with van der Waals surface area (Å²) < 4.78 is 17.3. The Kier molecular flexibility index (Phi) is 8.61. The first-order valence-electron chi connectivity index (χ1n) is 18.9. The molecule has 0 aliphatic heterocycles. The van der Waals surface area contributed by atoms with E-state index in [9.17, 15) is 0 Å². The number of hydrogen-bond donors (Lipinski definition) is 0. The second-order valence-electron chi connectivity index (χ2n) is 13.7. The van der Waals surface area contributed by atoms with E-state index < -0.39 is 0 Å². The largest absolute Gasteiger partial charge is 0.493 e. The molecule has 0 radical (unpaired) electrons. The van der Waals surface area contributed by atoms with Gasteiger partial charge >= 0.3 is 0 Å². The van der Waals surface area contributed by atoms with E-state index in [-0.39, 0.29) is 0 Å². The lowest BCUT2D eigenvalue weighted by atomic mass is 10.1. The Morgan fingerprint density at radius 1 is 0.393 bits per heavy atom. The van der Waals surface area contributed by atoms with Gasteiger partial charge in [-0.3, -0.25) is 8.80 Å². The van der Waals surface area contributed by atoms with Crippen molar-refractivity contribution in [3.8, 4) is 56.5 Å². The zero-order valence-electron chi connectivity index (χ0n) is 30.5. The average Bonchev–Trinajstić information content (AvgIpc) is 3.84. The normalized spacial score (nSPS) is 11.5. The molecule has 0 saturated carbocycles. The molecule has 0 aliphatic carbocycles. The van der Waals surface area contributed by atoms with Crippen LogP contribution < -0.4 is 9.47 Å². The van der Waals surface area contributed by atoms with Gasteiger partial charge < -0.3 is 9.47 Å². The highest BCUT2D eigenvalue weighted by Gasteiger charge is 2.19. The molecule has 0 amide bonds. The summed E-state index contributed by atoms with van der Waals surface area (Å²) in [4.78, 5) is 19.7. The second-order valence-corrected chi connectivity index (χ2v) is 13.7. The lowest BCUT2D eigenvalue weighted by Crippen LogP contribution is -2.05. The molecule has 10 rings (SSSR count). The minimum atomic E-state index is 0.541. The smallest absolute Gasteiger partial charge is 0.235 e. The van der Waals surface area contributed by atoms with Gasteiger partial charge in [-0.15, -0.1) is 0 Å². The summed E-state index contributed by atoms with van der Waals surface area (Å²) in [5.41, 5.74) is 11.5. The predicted molar refractivity (Wildman–Crippen MR) is 223 cm³/mol. The standard InChI is InChI=1S/C48H36N6O2/c1-3-17-33(18-4-1)39-31-43(53-41-25-11-9-23-37(41)49-47(53)51-39)35-21-7-13-27-45(35)55-29-15-16-30-56-46-28-14-8-22-36(46)44-32-40(34-19-5-2-6-20-34)52-48-50-38-24-10-12-26-42(38)54(44)48/h1-14,17-28,31-32H,15-16,29-30H2. The zero-order valence-corrected chi connectivity index (χ0v) is 30.5. The summed E-state index contributed by atoms with van der Waals surface area (Å²) in [7, 11) is 0. The van der Waals surface area contributed by atoms with E-state index in [1.54, 1.807) is 0 Å². The van der Waals surface area contributed by atoms with Gasteiger partial charge in [0, 0.05) is 22.3 Å². The van der Waals surface area contributed by atoms with Crippen LogP contribution in [0.25, 0.3) is 78.7 Å². The summed E-state index contributed by atoms with van der Waals surface area (Å²) in [6.07, 6.45) is 1.63. The summed E-state index contributed by atoms with van der Waals surface area (Å²) in [6, 6.07) is 57.5. The summed E-state index contributed by atoms with van der Waals surface area (Å²) in [5.74, 6) is 2.93. The van der Waals surface area contributed by atoms with Gasteiger partial charge in [-0.2, -0.15) is 0 Å². The number of hydrogen-bond acceptors (Lipinski definition) is 6. The van der Waals surface area contributed by atoms with Crippen molar-refractivity contribution in [1.29, 1.82) is 0 Å². The van der Waals surface area contributed by atoms with Crippen LogP contribution in [-0.4, -0.2) is 42.0 Å². The third kappa shape index (κ3) is 6.17. The molecule has 0 saturated heterocycles. The van der Waals surface area contributed by atoms with Crippen LogP contribution in [0.2, 0.25) is 0 Å². The number of imidazole rings is 2. The molecule has 4 aromatic heterocycles. The maximum atomic E-state index is 6.53. The quantitative estimate of drug-likeness (QED) is 0.123. The Hall–Kier alpha value is -7.32. The molecular weight excluding hydrogens is 693 g/mol. The number of rotatable bonds is 11. The fourth-order valence-corrected chi connectivity index (χ4v) is 7.41. The van der Waals surface area contributed by atoms with Crippen molar-refractivity contribution in [2.24, 2.45) is 0 Å². The van der Waals surface area contributed by atoms with Crippen LogP contribution in [0.5, 0.6) is 11.5 Å². The number of para-hydroxylation sites is 6. The van der Waals surface area contributed by atoms with Crippen molar-refractivity contribution in [1.82, 2.24) is 28.7 Å². The highest BCUT2D eigenvalue weighted by molar-refractivity contribution is 5.87. The van der Waals surface area contributed by atoms with E-state index in [1.165, 1.54) is 0 Å². The predicted octanol–water partition coefficient (Wildman–Crippen LogP) is 11.0. The topological polar surface area (TPSA) is 78.8 Å². The van der Waals surface area contributed by atoms with Crippen LogP contribution in [-0.2, 0) is 0 Å². The van der Waals surface area contributed by atoms with Crippen molar-refractivity contribution < 1.29 is 9.47 Å². The highest BCUT2D eigenvalue weighted by Crippen LogP contribution is 2.36. The van der Waals surface area contributed by atoms with Gasteiger partial charge in [0.1, 0.15) is 11.5 Å². The monoisotopic (exact) mass is 728 g/mol. The number of fused-ring (bicyclic) bond motifs is 6. The fourth-order valence-electron chi connectivity index (χ4n) is 7.41.